The molecular weight excluding hydrogens is 530 g/mol. The van der Waals surface area contributed by atoms with E-state index in [4.69, 9.17) is 9.72 Å². The molecule has 1 fully saturated rings. The smallest absolute Gasteiger partial charge is 0.240 e. The largest absolute Gasteiger partial charge is 0.488 e. The zero-order valence-corrected chi connectivity index (χ0v) is 22.9. The highest BCUT2D eigenvalue weighted by Crippen LogP contribution is 2.33. The normalized spacial score (nSPS) is 15.7. The zero-order chi connectivity index (χ0) is 25.2. The van der Waals surface area contributed by atoms with Crippen LogP contribution < -0.4 is 14.8 Å². The average molecular weight is 563 g/mol. The molecule has 1 aliphatic rings. The number of sulfonamides is 1. The second kappa shape index (κ2) is 10.8. The molecule has 0 unspecified atom stereocenters. The third-order valence-corrected chi connectivity index (χ3v) is 8.34. The summed E-state index contributed by atoms with van der Waals surface area (Å²) < 4.78 is 34.6. The molecule has 1 aliphatic heterocycles. The van der Waals surface area contributed by atoms with E-state index in [2.05, 4.69) is 49.7 Å². The molecule has 8 nitrogen and oxygen atoms in total. The molecule has 0 atom stereocenters. The first-order valence-corrected chi connectivity index (χ1v) is 14.2. The van der Waals surface area contributed by atoms with E-state index in [-0.39, 0.29) is 17.0 Å². The van der Waals surface area contributed by atoms with Gasteiger partial charge in [0.1, 0.15) is 17.4 Å². The van der Waals surface area contributed by atoms with E-state index in [9.17, 15) is 8.42 Å². The van der Waals surface area contributed by atoms with E-state index in [1.54, 1.807) is 44.3 Å². The molecule has 0 bridgehead atoms. The predicted molar refractivity (Wildman–Crippen MR) is 143 cm³/mol. The number of nitrogens with zero attached hydrogens (tertiary/aromatic N) is 3. The SMILES string of the molecule is CC(C)NS(=O)(=O)c1ccc(Nc2ncc3c(Br)ccc(OC4CCN(C(C)C)CC4)c3n2)cc1. The standard InChI is InChI=1S/C25H32BrN5O3S/c1-16(2)30-35(32,33)20-7-5-18(6-8-20)28-25-27-15-21-22(26)9-10-23(24(21)29-25)34-19-11-13-31(14-12-19)17(3)4/h5-10,15-17,19,30H,11-14H2,1-4H3,(H,27,28,29). The molecule has 2 N–H and O–H groups in total. The number of ether oxygens (including phenoxy) is 1. The minimum absolute atomic E-state index is 0.148. The number of aromatic nitrogens is 2. The molecule has 0 radical (unpaired) electrons. The maximum absolute atomic E-state index is 12.4. The molecule has 10 heteroatoms. The van der Waals surface area contributed by atoms with Crippen LogP contribution in [0.25, 0.3) is 10.9 Å². The van der Waals surface area contributed by atoms with Crippen molar-refractivity contribution in [2.45, 2.75) is 63.6 Å². The number of hydrogen-bond acceptors (Lipinski definition) is 7. The third kappa shape index (κ3) is 6.30. The van der Waals surface area contributed by atoms with Crippen molar-refractivity contribution in [2.75, 3.05) is 18.4 Å². The highest BCUT2D eigenvalue weighted by Gasteiger charge is 2.23. The molecule has 0 saturated carbocycles. The van der Waals surface area contributed by atoms with Crippen molar-refractivity contribution < 1.29 is 13.2 Å². The van der Waals surface area contributed by atoms with Gasteiger partial charge in [-0.15, -0.1) is 0 Å². The number of fused-ring (bicyclic) bond motifs is 1. The van der Waals surface area contributed by atoms with Crippen LogP contribution in [-0.4, -0.2) is 54.6 Å². The van der Waals surface area contributed by atoms with Crippen LogP contribution in [0.1, 0.15) is 40.5 Å². The van der Waals surface area contributed by atoms with E-state index in [1.165, 1.54) is 0 Å². The molecule has 188 valence electrons. The molecule has 0 spiro atoms. The maximum atomic E-state index is 12.4. The Bertz CT molecular complexity index is 1270. The van der Waals surface area contributed by atoms with E-state index in [1.807, 2.05) is 12.1 Å². The van der Waals surface area contributed by atoms with Crippen LogP contribution in [0, 0.1) is 0 Å². The Morgan fingerprint density at radius 2 is 1.74 bits per heavy atom. The number of anilines is 2. The number of piperidine rings is 1. The van der Waals surface area contributed by atoms with Gasteiger partial charge in [-0.2, -0.15) is 0 Å². The van der Waals surface area contributed by atoms with Crippen LogP contribution in [0.2, 0.25) is 0 Å². The van der Waals surface area contributed by atoms with Crippen molar-refractivity contribution in [1.29, 1.82) is 0 Å². The average Bonchev–Trinajstić information content (AvgIpc) is 2.81. The van der Waals surface area contributed by atoms with Gasteiger partial charge in [-0.25, -0.2) is 23.1 Å². The lowest BCUT2D eigenvalue weighted by atomic mass is 10.1. The van der Waals surface area contributed by atoms with Gasteiger partial charge in [0.2, 0.25) is 16.0 Å². The van der Waals surface area contributed by atoms with Crippen molar-refractivity contribution in [2.24, 2.45) is 0 Å². The van der Waals surface area contributed by atoms with Crippen LogP contribution in [0.15, 0.2) is 52.0 Å². The molecule has 35 heavy (non-hydrogen) atoms. The number of benzene rings is 2. The van der Waals surface area contributed by atoms with Gasteiger partial charge in [-0.1, -0.05) is 15.9 Å². The Labute approximate surface area is 215 Å². The Balaban J connectivity index is 1.53. The summed E-state index contributed by atoms with van der Waals surface area (Å²) in [6.45, 7) is 10.1. The molecule has 1 saturated heterocycles. The predicted octanol–water partition coefficient (Wildman–Crippen LogP) is 5.07. The number of likely N-dealkylation sites (tertiary alicyclic amines) is 1. The first kappa shape index (κ1) is 25.8. The van der Waals surface area contributed by atoms with E-state index >= 15 is 0 Å². The second-order valence-electron chi connectivity index (χ2n) is 9.37. The summed E-state index contributed by atoms with van der Waals surface area (Å²) >= 11 is 3.59. The van der Waals surface area contributed by atoms with Gasteiger partial charge in [-0.05, 0) is 76.9 Å². The Morgan fingerprint density at radius 3 is 2.37 bits per heavy atom. The van der Waals surface area contributed by atoms with Crippen LogP contribution in [0.3, 0.4) is 0 Å². The van der Waals surface area contributed by atoms with Crippen LogP contribution in [0.4, 0.5) is 11.6 Å². The quantitative estimate of drug-likeness (QED) is 0.396. The number of hydrogen-bond donors (Lipinski definition) is 2. The summed E-state index contributed by atoms with van der Waals surface area (Å²) in [4.78, 5) is 11.9. The van der Waals surface area contributed by atoms with Crippen LogP contribution in [-0.2, 0) is 10.0 Å². The first-order chi connectivity index (χ1) is 16.6. The number of nitrogens with one attached hydrogen (secondary N) is 2. The summed E-state index contributed by atoms with van der Waals surface area (Å²) in [6, 6.07) is 10.8. The second-order valence-corrected chi connectivity index (χ2v) is 11.9. The minimum atomic E-state index is -3.54. The molecule has 0 aliphatic carbocycles. The van der Waals surface area contributed by atoms with Gasteiger partial charge in [0.15, 0.2) is 0 Å². The first-order valence-electron chi connectivity index (χ1n) is 11.9. The van der Waals surface area contributed by atoms with Crippen molar-refractivity contribution in [3.05, 3.63) is 47.1 Å². The van der Waals surface area contributed by atoms with Gasteiger partial charge in [-0.3, -0.25) is 0 Å². The summed E-state index contributed by atoms with van der Waals surface area (Å²) in [5, 5.41) is 4.04. The summed E-state index contributed by atoms with van der Waals surface area (Å²) in [7, 11) is -3.54. The van der Waals surface area contributed by atoms with Crippen molar-refractivity contribution in [1.82, 2.24) is 19.6 Å². The van der Waals surface area contributed by atoms with Gasteiger partial charge in [0, 0.05) is 46.9 Å². The lowest BCUT2D eigenvalue weighted by Gasteiger charge is -2.34. The lowest BCUT2D eigenvalue weighted by Crippen LogP contribution is -2.41. The fraction of sp³-hybridized carbons (Fsp3) is 0.440. The molecule has 4 rings (SSSR count). The van der Waals surface area contributed by atoms with Crippen molar-refractivity contribution in [3.8, 4) is 5.75 Å². The molecule has 1 aromatic heterocycles. The molecule has 0 amide bonds. The minimum Gasteiger partial charge on any atom is -0.488 e. The monoisotopic (exact) mass is 561 g/mol. The lowest BCUT2D eigenvalue weighted by molar-refractivity contribution is 0.0852. The fourth-order valence-corrected chi connectivity index (χ4v) is 5.81. The molecular formula is C25H32BrN5O3S. The Kier molecular flexibility index (Phi) is 7.95. The Hall–Kier alpha value is -2.27. The number of halogens is 1. The van der Waals surface area contributed by atoms with Crippen molar-refractivity contribution >= 4 is 48.5 Å². The summed E-state index contributed by atoms with van der Waals surface area (Å²) in [5.41, 5.74) is 1.41. The third-order valence-electron chi connectivity index (χ3n) is 5.97. The molecule has 3 aromatic rings. The van der Waals surface area contributed by atoms with Crippen molar-refractivity contribution in [3.63, 3.8) is 0 Å². The summed E-state index contributed by atoms with van der Waals surface area (Å²) in [6.07, 6.45) is 3.86. The van der Waals surface area contributed by atoms with E-state index < -0.39 is 10.0 Å². The van der Waals surface area contributed by atoms with Gasteiger partial charge in [0.05, 0.1) is 4.90 Å². The van der Waals surface area contributed by atoms with Crippen LogP contribution in [0.5, 0.6) is 5.75 Å². The molecule has 2 aromatic carbocycles. The number of rotatable bonds is 8. The zero-order valence-electron chi connectivity index (χ0n) is 20.5. The fourth-order valence-electron chi connectivity index (χ4n) is 4.13. The Morgan fingerprint density at radius 1 is 1.06 bits per heavy atom. The van der Waals surface area contributed by atoms with Gasteiger partial charge in [0.25, 0.3) is 0 Å². The van der Waals surface area contributed by atoms with Crippen LogP contribution >= 0.6 is 15.9 Å². The van der Waals surface area contributed by atoms with E-state index in [0.717, 1.165) is 47.1 Å². The maximum Gasteiger partial charge on any atom is 0.240 e. The highest BCUT2D eigenvalue weighted by atomic mass is 79.9. The van der Waals surface area contributed by atoms with Gasteiger partial charge >= 0.3 is 0 Å². The molecule has 2 heterocycles. The van der Waals surface area contributed by atoms with E-state index in [0.29, 0.717) is 17.7 Å². The topological polar surface area (TPSA) is 96.5 Å². The van der Waals surface area contributed by atoms with Gasteiger partial charge < -0.3 is 15.0 Å². The summed E-state index contributed by atoms with van der Waals surface area (Å²) in [5.74, 6) is 1.14. The highest BCUT2D eigenvalue weighted by molar-refractivity contribution is 9.10.